The van der Waals surface area contributed by atoms with Gasteiger partial charge in [-0.3, -0.25) is 0 Å². The minimum absolute atomic E-state index is 0.808. The third-order valence-electron chi connectivity index (χ3n) is 1.88. The average Bonchev–Trinajstić information content (AvgIpc) is 2.46. The number of benzene rings is 1. The van der Waals surface area contributed by atoms with Gasteiger partial charge < -0.3 is 0 Å². The van der Waals surface area contributed by atoms with Crippen LogP contribution in [0.5, 0.6) is 0 Å². The summed E-state index contributed by atoms with van der Waals surface area (Å²) in [6.45, 7) is 3.13. The van der Waals surface area contributed by atoms with E-state index in [4.69, 9.17) is 11.6 Å². The molecule has 0 saturated heterocycles. The fourth-order valence-electron chi connectivity index (χ4n) is 1.24. The summed E-state index contributed by atoms with van der Waals surface area (Å²) in [6.07, 6.45) is 0. The smallest absolute Gasteiger partial charge is 0.189 e. The first-order valence-electron chi connectivity index (χ1n) is 3.87. The van der Waals surface area contributed by atoms with Crippen molar-refractivity contribution in [2.45, 2.75) is 13.5 Å². The molecule has 0 fully saturated rings. The Bertz CT molecular complexity index is 408. The second kappa shape index (κ2) is 3.04. The Hall–Kier alpha value is -0.600. The van der Waals surface area contributed by atoms with Crippen molar-refractivity contribution in [2.24, 2.45) is 0 Å². The van der Waals surface area contributed by atoms with Gasteiger partial charge >= 0.3 is 0 Å². The molecule has 62 valence electrons. The summed E-state index contributed by atoms with van der Waals surface area (Å²) in [4.78, 5) is 0. The van der Waals surface area contributed by atoms with Gasteiger partial charge in [0, 0.05) is 11.1 Å². The van der Waals surface area contributed by atoms with Crippen LogP contribution in [0.2, 0.25) is 5.02 Å². The Morgan fingerprint density at radius 2 is 2.33 bits per heavy atom. The second-order valence-electron chi connectivity index (χ2n) is 2.62. The zero-order chi connectivity index (χ0) is 8.55. The Morgan fingerprint density at radius 1 is 1.50 bits per heavy atom. The molecular formula is C9H9ClNS+. The van der Waals surface area contributed by atoms with Gasteiger partial charge in [-0.15, -0.1) is 0 Å². The lowest BCUT2D eigenvalue weighted by atomic mass is 10.3. The number of aryl methyl sites for hydroxylation is 1. The van der Waals surface area contributed by atoms with Crippen molar-refractivity contribution in [1.82, 2.24) is 0 Å². The zero-order valence-corrected chi connectivity index (χ0v) is 8.32. The van der Waals surface area contributed by atoms with Crippen LogP contribution in [0.15, 0.2) is 23.7 Å². The number of halogens is 1. The van der Waals surface area contributed by atoms with Crippen LogP contribution >= 0.6 is 22.9 Å². The van der Waals surface area contributed by atoms with E-state index in [1.807, 2.05) is 12.1 Å². The van der Waals surface area contributed by atoms with E-state index in [0.717, 1.165) is 11.6 Å². The molecule has 1 aromatic carbocycles. The van der Waals surface area contributed by atoms with Crippen molar-refractivity contribution >= 4 is 33.2 Å². The largest absolute Gasteiger partial charge is 0.225 e. The molecule has 0 radical (unpaired) electrons. The van der Waals surface area contributed by atoms with Gasteiger partial charge in [-0.1, -0.05) is 22.9 Å². The zero-order valence-electron chi connectivity index (χ0n) is 6.75. The summed E-state index contributed by atoms with van der Waals surface area (Å²) in [6, 6.07) is 6.01. The van der Waals surface area contributed by atoms with Crippen LogP contribution in [0.3, 0.4) is 0 Å². The first kappa shape index (κ1) is 8.02. The Labute approximate surface area is 80.2 Å². The standard InChI is InChI=1S/C9H9ClNS/c1-2-11-6-12-9-4-3-7(10)5-8(9)11/h3-6H,2H2,1H3/q+1. The molecule has 1 nitrogen and oxygen atoms in total. The minimum Gasteiger partial charge on any atom is -0.189 e. The molecule has 1 aromatic heterocycles. The van der Waals surface area contributed by atoms with Gasteiger partial charge in [0.2, 0.25) is 11.0 Å². The fraction of sp³-hybridized carbons (Fsp3) is 0.222. The van der Waals surface area contributed by atoms with E-state index >= 15 is 0 Å². The van der Waals surface area contributed by atoms with E-state index in [9.17, 15) is 0 Å². The van der Waals surface area contributed by atoms with Crippen molar-refractivity contribution in [3.63, 3.8) is 0 Å². The third-order valence-corrected chi connectivity index (χ3v) is 3.07. The molecule has 0 aliphatic heterocycles. The van der Waals surface area contributed by atoms with Crippen molar-refractivity contribution in [2.75, 3.05) is 0 Å². The molecule has 0 spiro atoms. The number of hydrogen-bond acceptors (Lipinski definition) is 1. The summed E-state index contributed by atoms with van der Waals surface area (Å²) in [7, 11) is 0. The van der Waals surface area contributed by atoms with Gasteiger partial charge in [0.1, 0.15) is 11.2 Å². The number of rotatable bonds is 1. The lowest BCUT2D eigenvalue weighted by molar-refractivity contribution is -0.663. The van der Waals surface area contributed by atoms with Crippen LogP contribution in [-0.2, 0) is 6.54 Å². The number of hydrogen-bond donors (Lipinski definition) is 0. The molecule has 0 bridgehead atoms. The van der Waals surface area contributed by atoms with Crippen LogP contribution < -0.4 is 4.57 Å². The van der Waals surface area contributed by atoms with Gasteiger partial charge in [0.05, 0.1) is 0 Å². The molecule has 0 atom stereocenters. The first-order chi connectivity index (χ1) is 5.81. The Morgan fingerprint density at radius 3 is 3.08 bits per heavy atom. The van der Waals surface area contributed by atoms with Gasteiger partial charge in [-0.05, 0) is 19.1 Å². The van der Waals surface area contributed by atoms with Crippen LogP contribution in [0, 0.1) is 0 Å². The molecular weight excluding hydrogens is 190 g/mol. The molecule has 0 saturated carbocycles. The highest BCUT2D eigenvalue weighted by Gasteiger charge is 2.08. The number of thiazole rings is 1. The fourth-order valence-corrected chi connectivity index (χ4v) is 2.35. The predicted octanol–water partition coefficient (Wildman–Crippen LogP) is 2.86. The molecule has 0 unspecified atom stereocenters. The summed E-state index contributed by atoms with van der Waals surface area (Å²) >= 11 is 7.65. The highest BCUT2D eigenvalue weighted by molar-refractivity contribution is 7.16. The number of nitrogens with zero attached hydrogens (tertiary/aromatic N) is 1. The monoisotopic (exact) mass is 198 g/mol. The van der Waals surface area contributed by atoms with Crippen molar-refractivity contribution < 1.29 is 4.57 Å². The first-order valence-corrected chi connectivity index (χ1v) is 5.13. The van der Waals surface area contributed by atoms with E-state index in [-0.39, 0.29) is 0 Å². The quantitative estimate of drug-likeness (QED) is 0.621. The summed E-state index contributed by atoms with van der Waals surface area (Å²) in [5.41, 5.74) is 3.36. The number of fused-ring (bicyclic) bond motifs is 1. The van der Waals surface area contributed by atoms with Gasteiger partial charge in [-0.2, -0.15) is 4.57 Å². The maximum absolute atomic E-state index is 5.90. The molecule has 0 N–H and O–H groups in total. The highest BCUT2D eigenvalue weighted by atomic mass is 35.5. The van der Waals surface area contributed by atoms with Crippen LogP contribution in [0.25, 0.3) is 10.2 Å². The highest BCUT2D eigenvalue weighted by Crippen LogP contribution is 2.20. The second-order valence-corrected chi connectivity index (χ2v) is 3.94. The van der Waals surface area contributed by atoms with Crippen LogP contribution in [0.1, 0.15) is 6.92 Å². The molecule has 12 heavy (non-hydrogen) atoms. The summed E-state index contributed by atoms with van der Waals surface area (Å²) < 4.78 is 3.49. The Kier molecular flexibility index (Phi) is 2.03. The maximum Gasteiger partial charge on any atom is 0.225 e. The minimum atomic E-state index is 0.808. The van der Waals surface area contributed by atoms with Crippen LogP contribution in [-0.4, -0.2) is 0 Å². The molecule has 2 rings (SSSR count). The molecule has 3 heteroatoms. The van der Waals surface area contributed by atoms with Crippen molar-refractivity contribution in [3.05, 3.63) is 28.7 Å². The normalized spacial score (nSPS) is 10.8. The lowest BCUT2D eigenvalue weighted by Gasteiger charge is -1.88. The average molecular weight is 199 g/mol. The number of aromatic nitrogens is 1. The lowest BCUT2D eigenvalue weighted by Crippen LogP contribution is -2.29. The SMILES string of the molecule is CC[n+]1csc2ccc(Cl)cc21. The van der Waals surface area contributed by atoms with E-state index in [1.165, 1.54) is 10.2 Å². The van der Waals surface area contributed by atoms with Crippen molar-refractivity contribution in [1.29, 1.82) is 0 Å². The van der Waals surface area contributed by atoms with E-state index in [0.29, 0.717) is 0 Å². The third kappa shape index (κ3) is 1.21. The predicted molar refractivity (Wildman–Crippen MR) is 52.7 cm³/mol. The topological polar surface area (TPSA) is 3.88 Å². The van der Waals surface area contributed by atoms with Crippen LogP contribution in [0.4, 0.5) is 0 Å². The molecule has 0 aliphatic rings. The van der Waals surface area contributed by atoms with Gasteiger partial charge in [0.15, 0.2) is 0 Å². The van der Waals surface area contributed by atoms with E-state index < -0.39 is 0 Å². The molecule has 2 aromatic rings. The molecule has 1 heterocycles. The van der Waals surface area contributed by atoms with Gasteiger partial charge in [-0.25, -0.2) is 0 Å². The Balaban J connectivity index is 2.75. The molecule has 0 aliphatic carbocycles. The van der Waals surface area contributed by atoms with E-state index in [2.05, 4.69) is 23.1 Å². The maximum atomic E-state index is 5.90. The molecule has 0 amide bonds. The summed E-state index contributed by atoms with van der Waals surface area (Å²) in [5.74, 6) is 0. The summed E-state index contributed by atoms with van der Waals surface area (Å²) in [5, 5.41) is 0.808. The van der Waals surface area contributed by atoms with Gasteiger partial charge in [0.25, 0.3) is 0 Å². The van der Waals surface area contributed by atoms with Crippen molar-refractivity contribution in [3.8, 4) is 0 Å². The van der Waals surface area contributed by atoms with E-state index in [1.54, 1.807) is 11.3 Å².